The molecule has 0 saturated heterocycles. The molecule has 0 aliphatic carbocycles. The van der Waals surface area contributed by atoms with Gasteiger partial charge in [0.2, 0.25) is 11.9 Å². The summed E-state index contributed by atoms with van der Waals surface area (Å²) in [4.78, 5) is 36.4. The maximum Gasteiger partial charge on any atom is 0.325 e. The van der Waals surface area contributed by atoms with Gasteiger partial charge in [0.25, 0.3) is 5.91 Å². The molecule has 0 radical (unpaired) electrons. The number of amides is 1. The maximum atomic E-state index is 12.2. The van der Waals surface area contributed by atoms with Crippen molar-refractivity contribution in [2.75, 3.05) is 17.6 Å². The lowest BCUT2D eigenvalue weighted by molar-refractivity contribution is -0.143. The number of aromatic nitrogens is 3. The topological polar surface area (TPSA) is 132 Å². The third-order valence-corrected chi connectivity index (χ3v) is 4.24. The van der Waals surface area contributed by atoms with E-state index < -0.39 is 5.97 Å². The van der Waals surface area contributed by atoms with Crippen molar-refractivity contribution in [3.63, 3.8) is 0 Å². The number of carbonyl (C=O) groups excluding carboxylic acids is 2. The first-order valence-electron chi connectivity index (χ1n) is 9.25. The van der Waals surface area contributed by atoms with Crippen LogP contribution in [0.2, 0.25) is 0 Å². The first kappa shape index (κ1) is 20.7. The third kappa shape index (κ3) is 5.51. The average Bonchev–Trinajstić information content (AvgIpc) is 2.72. The van der Waals surface area contributed by atoms with Gasteiger partial charge in [-0.3, -0.25) is 9.59 Å². The monoisotopic (exact) mass is 406 g/mol. The molecule has 1 amide bonds. The molecule has 1 aromatic heterocycles. The van der Waals surface area contributed by atoms with E-state index in [2.05, 4.69) is 25.6 Å². The number of anilines is 3. The minimum absolute atomic E-state index is 0.0000104. The Morgan fingerprint density at radius 2 is 1.67 bits per heavy atom. The summed E-state index contributed by atoms with van der Waals surface area (Å²) < 4.78 is 5.14. The van der Waals surface area contributed by atoms with Gasteiger partial charge in [0.15, 0.2) is 12.4 Å². The number of rotatable bonds is 7. The molecule has 9 heteroatoms. The van der Waals surface area contributed by atoms with Gasteiger partial charge in [-0.1, -0.05) is 36.4 Å². The van der Waals surface area contributed by atoms with Crippen LogP contribution < -0.4 is 16.4 Å². The lowest BCUT2D eigenvalue weighted by Gasteiger charge is -2.10. The molecule has 1 heterocycles. The molecular formula is C21H22N6O3. The SMILES string of the molecule is Cc1ccccc1Nc1nc(N)nc(COC(=O)CNC(=O)c2ccccc2C)n1. The minimum atomic E-state index is -0.621. The molecule has 0 bridgehead atoms. The van der Waals surface area contributed by atoms with Gasteiger partial charge in [-0.2, -0.15) is 15.0 Å². The smallest absolute Gasteiger partial charge is 0.325 e. The molecule has 9 nitrogen and oxygen atoms in total. The summed E-state index contributed by atoms with van der Waals surface area (Å²) in [7, 11) is 0. The second-order valence-corrected chi connectivity index (χ2v) is 6.53. The van der Waals surface area contributed by atoms with Crippen LogP contribution in [0.5, 0.6) is 0 Å². The van der Waals surface area contributed by atoms with Crippen LogP contribution in [-0.4, -0.2) is 33.4 Å². The van der Waals surface area contributed by atoms with E-state index in [4.69, 9.17) is 10.5 Å². The zero-order valence-electron chi connectivity index (χ0n) is 16.7. The predicted molar refractivity (Wildman–Crippen MR) is 112 cm³/mol. The maximum absolute atomic E-state index is 12.2. The van der Waals surface area contributed by atoms with E-state index >= 15 is 0 Å². The number of esters is 1. The van der Waals surface area contributed by atoms with E-state index in [1.807, 2.05) is 50.2 Å². The number of nitrogen functional groups attached to an aromatic ring is 1. The average molecular weight is 406 g/mol. The van der Waals surface area contributed by atoms with Crippen molar-refractivity contribution in [2.24, 2.45) is 0 Å². The molecule has 0 aliphatic heterocycles. The van der Waals surface area contributed by atoms with Gasteiger partial charge in [-0.05, 0) is 37.1 Å². The Kier molecular flexibility index (Phi) is 6.53. The van der Waals surface area contributed by atoms with Crippen molar-refractivity contribution in [1.82, 2.24) is 20.3 Å². The number of para-hydroxylation sites is 1. The Labute approximate surface area is 173 Å². The molecule has 154 valence electrons. The van der Waals surface area contributed by atoms with Gasteiger partial charge in [0, 0.05) is 11.3 Å². The Morgan fingerprint density at radius 1 is 0.967 bits per heavy atom. The lowest BCUT2D eigenvalue weighted by Crippen LogP contribution is -2.31. The number of nitrogens with one attached hydrogen (secondary N) is 2. The second kappa shape index (κ2) is 9.46. The van der Waals surface area contributed by atoms with Crippen LogP contribution in [0.4, 0.5) is 17.6 Å². The Balaban J connectivity index is 1.55. The Hall–Kier alpha value is -4.01. The van der Waals surface area contributed by atoms with Crippen LogP contribution in [0.15, 0.2) is 48.5 Å². The van der Waals surface area contributed by atoms with Crippen LogP contribution in [0.1, 0.15) is 27.3 Å². The van der Waals surface area contributed by atoms with E-state index in [-0.39, 0.29) is 36.8 Å². The molecule has 0 atom stereocenters. The zero-order valence-corrected chi connectivity index (χ0v) is 16.7. The number of hydrogen-bond acceptors (Lipinski definition) is 8. The van der Waals surface area contributed by atoms with Crippen molar-refractivity contribution < 1.29 is 14.3 Å². The van der Waals surface area contributed by atoms with E-state index in [1.54, 1.807) is 12.1 Å². The number of carbonyl (C=O) groups is 2. The van der Waals surface area contributed by atoms with E-state index in [1.165, 1.54) is 0 Å². The summed E-state index contributed by atoms with van der Waals surface area (Å²) in [5, 5.41) is 5.60. The Bertz CT molecular complexity index is 1070. The molecule has 3 aromatic rings. The summed E-state index contributed by atoms with van der Waals surface area (Å²) in [6, 6.07) is 14.7. The summed E-state index contributed by atoms with van der Waals surface area (Å²) >= 11 is 0. The summed E-state index contributed by atoms with van der Waals surface area (Å²) in [5.41, 5.74) is 8.89. The fraction of sp³-hybridized carbons (Fsp3) is 0.190. The molecule has 0 saturated carbocycles. The number of nitrogens with two attached hydrogens (primary N) is 1. The van der Waals surface area contributed by atoms with Gasteiger partial charge in [-0.15, -0.1) is 0 Å². The molecule has 3 rings (SSSR count). The van der Waals surface area contributed by atoms with Crippen LogP contribution in [0, 0.1) is 13.8 Å². The van der Waals surface area contributed by atoms with Crippen molar-refractivity contribution in [3.05, 3.63) is 71.0 Å². The Morgan fingerprint density at radius 3 is 2.40 bits per heavy atom. The van der Waals surface area contributed by atoms with Crippen LogP contribution in [0.25, 0.3) is 0 Å². The number of nitrogens with zero attached hydrogens (tertiary/aromatic N) is 3. The molecule has 30 heavy (non-hydrogen) atoms. The van der Waals surface area contributed by atoms with Gasteiger partial charge in [-0.25, -0.2) is 0 Å². The van der Waals surface area contributed by atoms with Gasteiger partial charge in [0.05, 0.1) is 0 Å². The second-order valence-electron chi connectivity index (χ2n) is 6.53. The van der Waals surface area contributed by atoms with Crippen LogP contribution in [0.3, 0.4) is 0 Å². The molecule has 0 fully saturated rings. The number of hydrogen-bond donors (Lipinski definition) is 3. The summed E-state index contributed by atoms with van der Waals surface area (Å²) in [6.45, 7) is 3.29. The lowest BCUT2D eigenvalue weighted by atomic mass is 10.1. The molecule has 0 unspecified atom stereocenters. The highest BCUT2D eigenvalue weighted by Gasteiger charge is 2.12. The van der Waals surface area contributed by atoms with Gasteiger partial charge < -0.3 is 21.1 Å². The first-order valence-corrected chi connectivity index (χ1v) is 9.25. The van der Waals surface area contributed by atoms with Crippen LogP contribution in [-0.2, 0) is 16.1 Å². The molecule has 4 N–H and O–H groups in total. The van der Waals surface area contributed by atoms with Crippen molar-refractivity contribution in [2.45, 2.75) is 20.5 Å². The number of ether oxygens (including phenoxy) is 1. The fourth-order valence-electron chi connectivity index (χ4n) is 2.66. The van der Waals surface area contributed by atoms with Crippen molar-refractivity contribution in [3.8, 4) is 0 Å². The van der Waals surface area contributed by atoms with E-state index in [0.29, 0.717) is 5.56 Å². The third-order valence-electron chi connectivity index (χ3n) is 4.24. The first-order chi connectivity index (χ1) is 14.4. The van der Waals surface area contributed by atoms with Crippen LogP contribution >= 0.6 is 0 Å². The highest BCUT2D eigenvalue weighted by Crippen LogP contribution is 2.17. The number of benzene rings is 2. The molecule has 2 aromatic carbocycles. The van der Waals surface area contributed by atoms with E-state index in [9.17, 15) is 9.59 Å². The highest BCUT2D eigenvalue weighted by molar-refractivity contribution is 5.97. The molecule has 0 aliphatic rings. The minimum Gasteiger partial charge on any atom is -0.456 e. The molecular weight excluding hydrogens is 384 g/mol. The summed E-state index contributed by atoms with van der Waals surface area (Å²) in [5.74, 6) is -0.531. The van der Waals surface area contributed by atoms with E-state index in [0.717, 1.165) is 16.8 Å². The highest BCUT2D eigenvalue weighted by atomic mass is 16.5. The van der Waals surface area contributed by atoms with Crippen molar-refractivity contribution >= 4 is 29.5 Å². The molecule has 0 spiro atoms. The summed E-state index contributed by atoms with van der Waals surface area (Å²) in [6.07, 6.45) is 0. The van der Waals surface area contributed by atoms with Gasteiger partial charge >= 0.3 is 5.97 Å². The zero-order chi connectivity index (χ0) is 21.5. The number of aryl methyl sites for hydroxylation is 2. The largest absolute Gasteiger partial charge is 0.456 e. The van der Waals surface area contributed by atoms with Gasteiger partial charge in [0.1, 0.15) is 6.54 Å². The standard InChI is InChI=1S/C21H22N6O3/c1-13-7-3-5-9-15(13)19(29)23-11-18(28)30-12-17-25-20(22)27-21(26-17)24-16-10-6-4-8-14(16)2/h3-10H,11-12H2,1-2H3,(H,23,29)(H3,22,24,25,26,27). The normalized spacial score (nSPS) is 10.3. The van der Waals surface area contributed by atoms with Crippen molar-refractivity contribution in [1.29, 1.82) is 0 Å². The quantitative estimate of drug-likeness (QED) is 0.509. The predicted octanol–water partition coefficient (Wildman–Crippen LogP) is 2.29. The fourth-order valence-corrected chi connectivity index (χ4v) is 2.66.